The van der Waals surface area contributed by atoms with E-state index in [0.717, 1.165) is 16.9 Å². The second-order valence-corrected chi connectivity index (χ2v) is 4.53. The maximum atomic E-state index is 6.11. The van der Waals surface area contributed by atoms with E-state index in [1.165, 1.54) is 0 Å². The first-order chi connectivity index (χ1) is 9.78. The van der Waals surface area contributed by atoms with Gasteiger partial charge in [-0.2, -0.15) is 0 Å². The van der Waals surface area contributed by atoms with Gasteiger partial charge in [-0.25, -0.2) is 0 Å². The molecule has 3 rings (SSSR count). The lowest BCUT2D eigenvalue weighted by Gasteiger charge is -1.99. The summed E-state index contributed by atoms with van der Waals surface area (Å²) >= 11 is 6.11. The maximum Gasteiger partial charge on any atom is 0.249 e. The van der Waals surface area contributed by atoms with E-state index >= 15 is 0 Å². The Morgan fingerprint density at radius 3 is 2.35 bits per heavy atom. The quantitative estimate of drug-likeness (QED) is 0.728. The molecule has 20 heavy (non-hydrogen) atoms. The molecule has 0 saturated heterocycles. The SMILES string of the molecule is COc1ccc(-c2nnc(-c3ccccc3Cl)o2)cc1. The van der Waals surface area contributed by atoms with Crippen molar-refractivity contribution in [2.45, 2.75) is 0 Å². The molecule has 0 fully saturated rings. The van der Waals surface area contributed by atoms with Gasteiger partial charge in [-0.15, -0.1) is 10.2 Å². The van der Waals surface area contributed by atoms with E-state index in [1.54, 1.807) is 13.2 Å². The van der Waals surface area contributed by atoms with Crippen LogP contribution < -0.4 is 4.74 Å². The number of hydrogen-bond acceptors (Lipinski definition) is 4. The summed E-state index contributed by atoms with van der Waals surface area (Å²) < 4.78 is 10.8. The highest BCUT2D eigenvalue weighted by atomic mass is 35.5. The molecule has 0 aliphatic carbocycles. The van der Waals surface area contributed by atoms with Crippen LogP contribution in [0.4, 0.5) is 0 Å². The Morgan fingerprint density at radius 1 is 0.950 bits per heavy atom. The molecule has 0 unspecified atom stereocenters. The lowest BCUT2D eigenvalue weighted by atomic mass is 10.2. The van der Waals surface area contributed by atoms with E-state index in [2.05, 4.69) is 10.2 Å². The van der Waals surface area contributed by atoms with Crippen LogP contribution in [0.3, 0.4) is 0 Å². The van der Waals surface area contributed by atoms with Crippen LogP contribution in [0.25, 0.3) is 22.9 Å². The van der Waals surface area contributed by atoms with Crippen LogP contribution in [-0.2, 0) is 0 Å². The zero-order chi connectivity index (χ0) is 13.9. The molecular weight excluding hydrogens is 276 g/mol. The minimum Gasteiger partial charge on any atom is -0.497 e. The Hall–Kier alpha value is -2.33. The molecule has 0 atom stereocenters. The zero-order valence-corrected chi connectivity index (χ0v) is 11.5. The predicted octanol–water partition coefficient (Wildman–Crippen LogP) is 4.07. The van der Waals surface area contributed by atoms with Crippen molar-refractivity contribution in [3.8, 4) is 28.7 Å². The van der Waals surface area contributed by atoms with Crippen molar-refractivity contribution >= 4 is 11.6 Å². The van der Waals surface area contributed by atoms with Crippen LogP contribution in [0.15, 0.2) is 52.9 Å². The molecule has 0 N–H and O–H groups in total. The van der Waals surface area contributed by atoms with Crippen LogP contribution in [0.1, 0.15) is 0 Å². The van der Waals surface area contributed by atoms with E-state index in [4.69, 9.17) is 20.8 Å². The first-order valence-corrected chi connectivity index (χ1v) is 6.38. The number of hydrogen-bond donors (Lipinski definition) is 0. The van der Waals surface area contributed by atoms with Crippen LogP contribution in [-0.4, -0.2) is 17.3 Å². The van der Waals surface area contributed by atoms with Gasteiger partial charge in [0.05, 0.1) is 17.7 Å². The number of ether oxygens (including phenoxy) is 1. The fraction of sp³-hybridized carbons (Fsp3) is 0.0667. The van der Waals surface area contributed by atoms with Gasteiger partial charge in [-0.1, -0.05) is 23.7 Å². The second-order valence-electron chi connectivity index (χ2n) is 4.12. The number of aromatic nitrogens is 2. The van der Waals surface area contributed by atoms with Gasteiger partial charge in [0, 0.05) is 5.56 Å². The van der Waals surface area contributed by atoms with Crippen molar-refractivity contribution in [1.82, 2.24) is 10.2 Å². The third-order valence-corrected chi connectivity index (χ3v) is 3.20. The molecular formula is C15H11ClN2O2. The van der Waals surface area contributed by atoms with E-state index in [9.17, 15) is 0 Å². The minimum absolute atomic E-state index is 0.404. The molecule has 5 heteroatoms. The molecule has 0 aliphatic rings. The van der Waals surface area contributed by atoms with E-state index in [-0.39, 0.29) is 0 Å². The summed E-state index contributed by atoms with van der Waals surface area (Å²) in [6, 6.07) is 14.8. The predicted molar refractivity (Wildman–Crippen MR) is 76.7 cm³/mol. The van der Waals surface area contributed by atoms with Crippen LogP contribution in [0, 0.1) is 0 Å². The molecule has 0 spiro atoms. The topological polar surface area (TPSA) is 48.2 Å². The molecule has 0 bridgehead atoms. The Labute approximate surface area is 121 Å². The highest BCUT2D eigenvalue weighted by Crippen LogP contribution is 2.29. The summed E-state index contributed by atoms with van der Waals surface area (Å²) in [6.07, 6.45) is 0. The Kier molecular flexibility index (Phi) is 3.39. The van der Waals surface area contributed by atoms with Crippen molar-refractivity contribution in [2.24, 2.45) is 0 Å². The van der Waals surface area contributed by atoms with Crippen molar-refractivity contribution in [1.29, 1.82) is 0 Å². The normalized spacial score (nSPS) is 10.5. The smallest absolute Gasteiger partial charge is 0.249 e. The van der Waals surface area contributed by atoms with Crippen LogP contribution in [0.5, 0.6) is 5.75 Å². The first-order valence-electron chi connectivity index (χ1n) is 6.01. The molecule has 0 aliphatic heterocycles. The molecule has 3 aromatic rings. The monoisotopic (exact) mass is 286 g/mol. The second kappa shape index (κ2) is 5.35. The highest BCUT2D eigenvalue weighted by Gasteiger charge is 2.12. The standard InChI is InChI=1S/C15H11ClN2O2/c1-19-11-8-6-10(7-9-11)14-17-18-15(20-14)12-4-2-3-5-13(12)16/h2-9H,1H3. The Bertz CT molecular complexity index is 723. The summed E-state index contributed by atoms with van der Waals surface area (Å²) in [4.78, 5) is 0. The van der Waals surface area contributed by atoms with Gasteiger partial charge >= 0.3 is 0 Å². The average molecular weight is 287 g/mol. The zero-order valence-electron chi connectivity index (χ0n) is 10.7. The molecule has 4 nitrogen and oxygen atoms in total. The Morgan fingerprint density at radius 2 is 1.65 bits per heavy atom. The summed E-state index contributed by atoms with van der Waals surface area (Å²) in [5.74, 6) is 1.63. The highest BCUT2D eigenvalue weighted by molar-refractivity contribution is 6.33. The molecule has 0 radical (unpaired) electrons. The van der Waals surface area contributed by atoms with Gasteiger partial charge in [-0.05, 0) is 36.4 Å². The van der Waals surface area contributed by atoms with Gasteiger partial charge in [-0.3, -0.25) is 0 Å². The lowest BCUT2D eigenvalue weighted by molar-refractivity contribution is 0.415. The molecule has 0 saturated carbocycles. The van der Waals surface area contributed by atoms with Gasteiger partial charge < -0.3 is 9.15 Å². The van der Waals surface area contributed by atoms with Crippen molar-refractivity contribution in [2.75, 3.05) is 7.11 Å². The van der Waals surface area contributed by atoms with Crippen LogP contribution in [0.2, 0.25) is 5.02 Å². The number of nitrogens with zero attached hydrogens (tertiary/aromatic N) is 2. The van der Waals surface area contributed by atoms with Gasteiger partial charge in [0.25, 0.3) is 0 Å². The Balaban J connectivity index is 1.95. The molecule has 2 aromatic carbocycles. The maximum absolute atomic E-state index is 6.11. The first kappa shape index (κ1) is 12.7. The summed E-state index contributed by atoms with van der Waals surface area (Å²) in [7, 11) is 1.62. The average Bonchev–Trinajstić information content (AvgIpc) is 2.97. The number of benzene rings is 2. The van der Waals surface area contributed by atoms with Gasteiger partial charge in [0.1, 0.15) is 5.75 Å². The largest absolute Gasteiger partial charge is 0.497 e. The van der Waals surface area contributed by atoms with Crippen LogP contribution >= 0.6 is 11.6 Å². The molecule has 100 valence electrons. The van der Waals surface area contributed by atoms with E-state index < -0.39 is 0 Å². The van der Waals surface area contributed by atoms with Crippen molar-refractivity contribution in [3.63, 3.8) is 0 Å². The van der Waals surface area contributed by atoms with Gasteiger partial charge in [0.2, 0.25) is 11.8 Å². The third-order valence-electron chi connectivity index (χ3n) is 2.87. The van der Waals surface area contributed by atoms with E-state index in [0.29, 0.717) is 16.8 Å². The molecule has 0 amide bonds. The molecule has 1 heterocycles. The number of methoxy groups -OCH3 is 1. The lowest BCUT2D eigenvalue weighted by Crippen LogP contribution is -1.82. The summed E-state index contributed by atoms with van der Waals surface area (Å²) in [6.45, 7) is 0. The third kappa shape index (κ3) is 2.38. The van der Waals surface area contributed by atoms with E-state index in [1.807, 2.05) is 42.5 Å². The van der Waals surface area contributed by atoms with Gasteiger partial charge in [0.15, 0.2) is 0 Å². The number of halogens is 1. The fourth-order valence-corrected chi connectivity index (χ4v) is 2.03. The molecule has 1 aromatic heterocycles. The summed E-state index contributed by atoms with van der Waals surface area (Å²) in [5, 5.41) is 8.66. The number of rotatable bonds is 3. The van der Waals surface area contributed by atoms with Crippen molar-refractivity contribution in [3.05, 3.63) is 53.6 Å². The minimum atomic E-state index is 0.404. The van der Waals surface area contributed by atoms with Crippen molar-refractivity contribution < 1.29 is 9.15 Å². The summed E-state index contributed by atoms with van der Waals surface area (Å²) in [5.41, 5.74) is 1.55. The fourth-order valence-electron chi connectivity index (χ4n) is 1.82.